The van der Waals surface area contributed by atoms with Crippen molar-refractivity contribution in [2.45, 2.75) is 32.5 Å². The Labute approximate surface area is 80.3 Å². The third kappa shape index (κ3) is 1.41. The number of nitrogens with zero attached hydrogens (tertiary/aromatic N) is 2. The number of imidazole rings is 1. The van der Waals surface area contributed by atoms with Crippen molar-refractivity contribution in [3.05, 3.63) is 16.6 Å². The van der Waals surface area contributed by atoms with E-state index in [1.165, 1.54) is 0 Å². The van der Waals surface area contributed by atoms with Crippen LogP contribution in [0.2, 0.25) is 0 Å². The first kappa shape index (κ1) is 8.26. The van der Waals surface area contributed by atoms with Gasteiger partial charge in [0.2, 0.25) is 0 Å². The van der Waals surface area contributed by atoms with Gasteiger partial charge in [0.1, 0.15) is 10.4 Å². The van der Waals surface area contributed by atoms with Crippen LogP contribution in [-0.2, 0) is 13.1 Å². The van der Waals surface area contributed by atoms with Gasteiger partial charge in [0.15, 0.2) is 0 Å². The van der Waals surface area contributed by atoms with Crippen LogP contribution in [-0.4, -0.2) is 15.1 Å². The normalized spacial score (nSPS) is 20.6. The van der Waals surface area contributed by atoms with Crippen LogP contribution < -0.4 is 5.32 Å². The van der Waals surface area contributed by atoms with Crippen molar-refractivity contribution in [2.75, 3.05) is 0 Å². The number of hydrogen-bond acceptors (Lipinski definition) is 2. The highest BCUT2D eigenvalue weighted by Gasteiger charge is 2.24. The highest BCUT2D eigenvalue weighted by Crippen LogP contribution is 2.18. The lowest BCUT2D eigenvalue weighted by molar-refractivity contribution is 0.290. The van der Waals surface area contributed by atoms with E-state index in [4.69, 9.17) is 0 Å². The molecule has 0 bridgehead atoms. The van der Waals surface area contributed by atoms with Gasteiger partial charge in [-0.2, -0.15) is 0 Å². The average Bonchev–Trinajstić information content (AvgIpc) is 2.26. The number of aromatic nitrogens is 2. The number of halogens is 1. The topological polar surface area (TPSA) is 29.9 Å². The molecule has 2 rings (SSSR count). The quantitative estimate of drug-likeness (QED) is 0.732. The van der Waals surface area contributed by atoms with Gasteiger partial charge in [-0.1, -0.05) is 0 Å². The molecule has 1 aliphatic heterocycles. The lowest BCUT2D eigenvalue weighted by Crippen LogP contribution is -2.47. The van der Waals surface area contributed by atoms with Crippen LogP contribution in [0.1, 0.15) is 19.7 Å². The molecule has 0 spiro atoms. The minimum atomic E-state index is 0.188. The Hall–Kier alpha value is -0.350. The van der Waals surface area contributed by atoms with Crippen LogP contribution in [0.5, 0.6) is 0 Å². The second kappa shape index (κ2) is 2.57. The largest absolute Gasteiger partial charge is 0.331 e. The summed E-state index contributed by atoms with van der Waals surface area (Å²) in [5, 5.41) is 3.42. The van der Waals surface area contributed by atoms with Crippen molar-refractivity contribution in [3.8, 4) is 0 Å². The van der Waals surface area contributed by atoms with E-state index in [9.17, 15) is 0 Å². The van der Waals surface area contributed by atoms with Gasteiger partial charge in [0, 0.05) is 18.3 Å². The molecular formula is C8H12BrN3. The molecular weight excluding hydrogens is 218 g/mol. The van der Waals surface area contributed by atoms with Crippen LogP contribution >= 0.6 is 15.9 Å². The highest BCUT2D eigenvalue weighted by molar-refractivity contribution is 9.10. The maximum atomic E-state index is 4.33. The van der Waals surface area contributed by atoms with Crippen LogP contribution in [0.25, 0.3) is 0 Å². The van der Waals surface area contributed by atoms with E-state index in [0.29, 0.717) is 0 Å². The van der Waals surface area contributed by atoms with E-state index in [1.54, 1.807) is 0 Å². The zero-order valence-electron chi connectivity index (χ0n) is 7.26. The summed E-state index contributed by atoms with van der Waals surface area (Å²) in [6.45, 7) is 6.24. The van der Waals surface area contributed by atoms with Gasteiger partial charge in [-0.15, -0.1) is 0 Å². The smallest absolute Gasteiger partial charge is 0.124 e. The molecule has 0 atom stereocenters. The van der Waals surface area contributed by atoms with E-state index < -0.39 is 0 Å². The lowest BCUT2D eigenvalue weighted by atomic mass is 10.0. The van der Waals surface area contributed by atoms with E-state index in [1.807, 2.05) is 6.20 Å². The standard InChI is InChI=1S/C8H12BrN3/c1-8(2)5-12-4-6(9)11-7(12)3-10-8/h4,10H,3,5H2,1-2H3. The zero-order chi connectivity index (χ0) is 8.77. The molecule has 2 heterocycles. The fourth-order valence-electron chi connectivity index (χ4n) is 1.50. The molecule has 0 unspecified atom stereocenters. The van der Waals surface area contributed by atoms with Gasteiger partial charge in [0.25, 0.3) is 0 Å². The lowest BCUT2D eigenvalue weighted by Gasteiger charge is -2.31. The summed E-state index contributed by atoms with van der Waals surface area (Å²) in [5.74, 6) is 1.11. The number of hydrogen-bond donors (Lipinski definition) is 1. The molecule has 1 N–H and O–H groups in total. The van der Waals surface area contributed by atoms with Crippen LogP contribution in [0.3, 0.4) is 0 Å². The third-order valence-electron chi connectivity index (χ3n) is 2.12. The van der Waals surface area contributed by atoms with Crippen molar-refractivity contribution < 1.29 is 0 Å². The minimum absolute atomic E-state index is 0.188. The first-order chi connectivity index (χ1) is 5.57. The third-order valence-corrected chi connectivity index (χ3v) is 2.50. The Morgan fingerprint density at radius 2 is 2.42 bits per heavy atom. The maximum absolute atomic E-state index is 4.33. The molecule has 0 aliphatic carbocycles. The van der Waals surface area contributed by atoms with Gasteiger partial charge in [-0.05, 0) is 29.8 Å². The second-order valence-corrected chi connectivity index (χ2v) is 4.66. The summed E-state index contributed by atoms with van der Waals surface area (Å²) in [5.41, 5.74) is 0.188. The molecule has 4 heteroatoms. The van der Waals surface area contributed by atoms with Crippen molar-refractivity contribution in [3.63, 3.8) is 0 Å². The summed E-state index contributed by atoms with van der Waals surface area (Å²) in [4.78, 5) is 4.33. The Morgan fingerprint density at radius 3 is 3.17 bits per heavy atom. The SMILES string of the molecule is CC1(C)Cn2cc(Br)nc2CN1. The summed E-state index contributed by atoms with van der Waals surface area (Å²) in [6, 6.07) is 0. The van der Waals surface area contributed by atoms with Crippen molar-refractivity contribution in [1.82, 2.24) is 14.9 Å². The predicted octanol–water partition coefficient (Wildman–Crippen LogP) is 1.53. The molecule has 0 aromatic carbocycles. The molecule has 0 fully saturated rings. The first-order valence-corrected chi connectivity index (χ1v) is 4.83. The van der Waals surface area contributed by atoms with E-state index in [0.717, 1.165) is 23.5 Å². The van der Waals surface area contributed by atoms with E-state index in [2.05, 4.69) is 44.6 Å². The Balaban J connectivity index is 2.34. The molecule has 0 amide bonds. The fourth-order valence-corrected chi connectivity index (χ4v) is 1.95. The fraction of sp³-hybridized carbons (Fsp3) is 0.625. The molecule has 66 valence electrons. The van der Waals surface area contributed by atoms with Gasteiger partial charge in [0.05, 0.1) is 6.54 Å². The maximum Gasteiger partial charge on any atom is 0.124 e. The summed E-state index contributed by atoms with van der Waals surface area (Å²) < 4.78 is 3.12. The number of fused-ring (bicyclic) bond motifs is 1. The van der Waals surface area contributed by atoms with Crippen LogP contribution in [0, 0.1) is 0 Å². The summed E-state index contributed by atoms with van der Waals surface area (Å²) in [6.07, 6.45) is 2.04. The van der Waals surface area contributed by atoms with E-state index >= 15 is 0 Å². The molecule has 1 aromatic rings. The number of rotatable bonds is 0. The highest BCUT2D eigenvalue weighted by atomic mass is 79.9. The minimum Gasteiger partial charge on any atom is -0.331 e. The Kier molecular flexibility index (Phi) is 1.77. The molecule has 0 radical (unpaired) electrons. The van der Waals surface area contributed by atoms with Gasteiger partial charge >= 0.3 is 0 Å². The molecule has 3 nitrogen and oxygen atoms in total. The molecule has 0 saturated heterocycles. The molecule has 0 saturated carbocycles. The predicted molar refractivity (Wildman–Crippen MR) is 50.8 cm³/mol. The van der Waals surface area contributed by atoms with Crippen molar-refractivity contribution >= 4 is 15.9 Å². The van der Waals surface area contributed by atoms with Crippen LogP contribution in [0.4, 0.5) is 0 Å². The second-order valence-electron chi connectivity index (χ2n) is 3.85. The van der Waals surface area contributed by atoms with Gasteiger partial charge in [-0.3, -0.25) is 0 Å². The van der Waals surface area contributed by atoms with Gasteiger partial charge in [-0.25, -0.2) is 4.98 Å². The summed E-state index contributed by atoms with van der Waals surface area (Å²) >= 11 is 3.37. The molecule has 12 heavy (non-hydrogen) atoms. The number of nitrogens with one attached hydrogen (secondary N) is 1. The van der Waals surface area contributed by atoms with Crippen molar-refractivity contribution in [1.29, 1.82) is 0 Å². The Bertz CT molecular complexity index is 303. The summed E-state index contributed by atoms with van der Waals surface area (Å²) in [7, 11) is 0. The molecule has 1 aromatic heterocycles. The van der Waals surface area contributed by atoms with Crippen molar-refractivity contribution in [2.24, 2.45) is 0 Å². The van der Waals surface area contributed by atoms with Gasteiger partial charge < -0.3 is 9.88 Å². The first-order valence-electron chi connectivity index (χ1n) is 4.03. The van der Waals surface area contributed by atoms with E-state index in [-0.39, 0.29) is 5.54 Å². The van der Waals surface area contributed by atoms with Crippen LogP contribution in [0.15, 0.2) is 10.8 Å². The Morgan fingerprint density at radius 1 is 1.67 bits per heavy atom. The molecule has 1 aliphatic rings. The monoisotopic (exact) mass is 229 g/mol. The zero-order valence-corrected chi connectivity index (χ0v) is 8.85. The average molecular weight is 230 g/mol.